The van der Waals surface area contributed by atoms with Gasteiger partial charge in [-0.25, -0.2) is 9.67 Å². The molecule has 0 radical (unpaired) electrons. The molecule has 2 aromatic heterocycles. The molecular formula is C22H23N5O. The fraction of sp³-hybridized carbons (Fsp3) is 0.364. The van der Waals surface area contributed by atoms with Gasteiger partial charge in [-0.05, 0) is 49.2 Å². The van der Waals surface area contributed by atoms with Crippen LogP contribution in [-0.2, 0) is 6.61 Å². The van der Waals surface area contributed by atoms with Crippen LogP contribution in [0.2, 0.25) is 0 Å². The lowest BCUT2D eigenvalue weighted by Gasteiger charge is -2.44. The molecule has 1 saturated carbocycles. The molecule has 0 amide bonds. The van der Waals surface area contributed by atoms with Crippen molar-refractivity contribution >= 4 is 5.69 Å². The Bertz CT molecular complexity index is 1000. The van der Waals surface area contributed by atoms with Crippen molar-refractivity contribution in [2.24, 2.45) is 0 Å². The van der Waals surface area contributed by atoms with Crippen molar-refractivity contribution in [3.05, 3.63) is 54.4 Å². The van der Waals surface area contributed by atoms with E-state index < -0.39 is 0 Å². The number of anilines is 1. The van der Waals surface area contributed by atoms with Gasteiger partial charge in [-0.3, -0.25) is 0 Å². The Labute approximate surface area is 164 Å². The van der Waals surface area contributed by atoms with Crippen LogP contribution in [-0.4, -0.2) is 39.9 Å². The third-order valence-corrected chi connectivity index (χ3v) is 6.12. The number of ether oxygens (including phenoxy) is 1. The molecule has 142 valence electrons. The van der Waals surface area contributed by atoms with Crippen molar-refractivity contribution in [2.45, 2.75) is 38.0 Å². The Morgan fingerprint density at radius 2 is 1.82 bits per heavy atom. The van der Waals surface area contributed by atoms with Gasteiger partial charge in [0, 0.05) is 48.8 Å². The summed E-state index contributed by atoms with van der Waals surface area (Å²) in [6.45, 7) is 2.72. The van der Waals surface area contributed by atoms with E-state index in [1.54, 1.807) is 6.20 Å². The molecule has 3 aromatic rings. The molecule has 6 rings (SSSR count). The first-order valence-electron chi connectivity index (χ1n) is 10.1. The highest BCUT2D eigenvalue weighted by atomic mass is 16.5. The largest absolute Gasteiger partial charge is 0.472 e. The predicted octanol–water partition coefficient (Wildman–Crippen LogP) is 3.16. The zero-order valence-corrected chi connectivity index (χ0v) is 15.7. The first-order chi connectivity index (χ1) is 13.8. The first kappa shape index (κ1) is 16.1. The summed E-state index contributed by atoms with van der Waals surface area (Å²) in [4.78, 5) is 6.73. The van der Waals surface area contributed by atoms with Gasteiger partial charge in [0.15, 0.2) is 0 Å². The zero-order valence-electron chi connectivity index (χ0n) is 15.7. The minimum absolute atomic E-state index is 0.514. The van der Waals surface area contributed by atoms with E-state index in [4.69, 9.17) is 9.84 Å². The molecule has 0 bridgehead atoms. The standard InChI is InChI=1S/C22H23N5O/c1-3-16(4-1)24-17-12-26(13-17)18-6-8-19(9-7-18)27-11-15-14-28-22-20(21(15)25-27)5-2-10-23-22/h2,5-11,16-17,24H,1,3-4,12-14H2. The third-order valence-electron chi connectivity index (χ3n) is 6.12. The van der Waals surface area contributed by atoms with Gasteiger partial charge in [0.05, 0.1) is 11.3 Å². The summed E-state index contributed by atoms with van der Waals surface area (Å²) < 4.78 is 7.69. The number of aromatic nitrogens is 3. The summed E-state index contributed by atoms with van der Waals surface area (Å²) in [6.07, 6.45) is 7.90. The fourth-order valence-corrected chi connectivity index (χ4v) is 4.23. The molecule has 6 nitrogen and oxygen atoms in total. The molecule has 0 spiro atoms. The number of nitrogens with zero attached hydrogens (tertiary/aromatic N) is 4. The van der Waals surface area contributed by atoms with Crippen molar-refractivity contribution in [2.75, 3.05) is 18.0 Å². The summed E-state index contributed by atoms with van der Waals surface area (Å²) in [5, 5.41) is 8.56. The van der Waals surface area contributed by atoms with E-state index in [1.807, 2.05) is 16.8 Å². The lowest BCUT2D eigenvalue weighted by molar-refractivity contribution is 0.279. The topological polar surface area (TPSA) is 55.2 Å². The van der Waals surface area contributed by atoms with Crippen molar-refractivity contribution in [3.8, 4) is 22.8 Å². The van der Waals surface area contributed by atoms with Crippen LogP contribution in [0.25, 0.3) is 16.9 Å². The third kappa shape index (κ3) is 2.67. The summed E-state index contributed by atoms with van der Waals surface area (Å²) in [6, 6.07) is 14.0. The van der Waals surface area contributed by atoms with Crippen LogP contribution in [0.4, 0.5) is 5.69 Å². The van der Waals surface area contributed by atoms with Gasteiger partial charge in [0.1, 0.15) is 12.3 Å². The molecule has 3 aliphatic rings. The van der Waals surface area contributed by atoms with E-state index in [1.165, 1.54) is 24.9 Å². The average Bonchev–Trinajstić information content (AvgIpc) is 3.11. The number of benzene rings is 1. The van der Waals surface area contributed by atoms with E-state index in [0.29, 0.717) is 18.5 Å². The van der Waals surface area contributed by atoms with Crippen LogP contribution in [0.3, 0.4) is 0 Å². The molecule has 28 heavy (non-hydrogen) atoms. The van der Waals surface area contributed by atoms with E-state index in [9.17, 15) is 0 Å². The molecule has 4 heterocycles. The van der Waals surface area contributed by atoms with Gasteiger partial charge < -0.3 is 15.0 Å². The number of fused-ring (bicyclic) bond motifs is 3. The second-order valence-corrected chi connectivity index (χ2v) is 8.01. The monoisotopic (exact) mass is 373 g/mol. The molecule has 0 unspecified atom stereocenters. The Balaban J connectivity index is 1.18. The van der Waals surface area contributed by atoms with E-state index in [0.717, 1.165) is 41.6 Å². The van der Waals surface area contributed by atoms with Gasteiger partial charge in [-0.2, -0.15) is 5.10 Å². The molecule has 6 heteroatoms. The number of hydrogen-bond acceptors (Lipinski definition) is 5. The predicted molar refractivity (Wildman–Crippen MR) is 108 cm³/mol. The molecule has 1 aliphatic carbocycles. The maximum atomic E-state index is 5.74. The van der Waals surface area contributed by atoms with E-state index >= 15 is 0 Å². The Morgan fingerprint density at radius 1 is 1.00 bits per heavy atom. The Hall–Kier alpha value is -2.86. The van der Waals surface area contributed by atoms with Crippen LogP contribution >= 0.6 is 0 Å². The highest BCUT2D eigenvalue weighted by Crippen LogP contribution is 2.35. The minimum Gasteiger partial charge on any atom is -0.472 e. The maximum absolute atomic E-state index is 5.74. The molecule has 2 aliphatic heterocycles. The van der Waals surface area contributed by atoms with Gasteiger partial charge >= 0.3 is 0 Å². The van der Waals surface area contributed by atoms with Gasteiger partial charge in [0.2, 0.25) is 5.88 Å². The van der Waals surface area contributed by atoms with Gasteiger partial charge in [-0.1, -0.05) is 6.42 Å². The summed E-state index contributed by atoms with van der Waals surface area (Å²) in [5.41, 5.74) is 5.37. The molecule has 1 saturated heterocycles. The first-order valence-corrected chi connectivity index (χ1v) is 10.1. The van der Waals surface area contributed by atoms with Crippen LogP contribution < -0.4 is 15.0 Å². The van der Waals surface area contributed by atoms with Crippen LogP contribution in [0.5, 0.6) is 5.88 Å². The quantitative estimate of drug-likeness (QED) is 0.761. The minimum atomic E-state index is 0.514. The highest BCUT2D eigenvalue weighted by molar-refractivity contribution is 5.69. The normalized spacial score (nSPS) is 18.6. The fourth-order valence-electron chi connectivity index (χ4n) is 4.23. The van der Waals surface area contributed by atoms with Crippen molar-refractivity contribution < 1.29 is 4.74 Å². The number of hydrogen-bond donors (Lipinski definition) is 1. The van der Waals surface area contributed by atoms with Crippen LogP contribution in [0.15, 0.2) is 48.8 Å². The van der Waals surface area contributed by atoms with E-state index in [-0.39, 0.29) is 0 Å². The van der Waals surface area contributed by atoms with E-state index in [2.05, 4.69) is 45.7 Å². The molecule has 0 atom stereocenters. The highest BCUT2D eigenvalue weighted by Gasteiger charge is 2.30. The second kappa shape index (κ2) is 6.34. The lowest BCUT2D eigenvalue weighted by atomic mass is 9.91. The number of rotatable bonds is 4. The summed E-state index contributed by atoms with van der Waals surface area (Å²) >= 11 is 0. The van der Waals surface area contributed by atoms with Crippen molar-refractivity contribution in [3.63, 3.8) is 0 Å². The average molecular weight is 373 g/mol. The zero-order chi connectivity index (χ0) is 18.5. The van der Waals surface area contributed by atoms with Gasteiger partial charge in [-0.15, -0.1) is 0 Å². The summed E-state index contributed by atoms with van der Waals surface area (Å²) in [7, 11) is 0. The maximum Gasteiger partial charge on any atom is 0.223 e. The van der Waals surface area contributed by atoms with Gasteiger partial charge in [0.25, 0.3) is 0 Å². The Kier molecular flexibility index (Phi) is 3.65. The smallest absolute Gasteiger partial charge is 0.223 e. The second-order valence-electron chi connectivity index (χ2n) is 8.01. The molecular weight excluding hydrogens is 350 g/mol. The molecule has 1 aromatic carbocycles. The molecule has 1 N–H and O–H groups in total. The summed E-state index contributed by atoms with van der Waals surface area (Å²) in [5.74, 6) is 0.665. The lowest BCUT2D eigenvalue weighted by Crippen LogP contribution is -2.61. The van der Waals surface area contributed by atoms with Crippen LogP contribution in [0.1, 0.15) is 24.8 Å². The van der Waals surface area contributed by atoms with Crippen molar-refractivity contribution in [1.29, 1.82) is 0 Å². The number of pyridine rings is 1. The van der Waals surface area contributed by atoms with Crippen LogP contribution in [0, 0.1) is 0 Å². The Morgan fingerprint density at radius 3 is 2.61 bits per heavy atom. The number of nitrogens with one attached hydrogen (secondary N) is 1. The SMILES string of the molecule is c1cnc2c(c1)-c1nn(-c3ccc(N4CC(NC5CCC5)C4)cc3)cc1CO2. The van der Waals surface area contributed by atoms with Crippen molar-refractivity contribution in [1.82, 2.24) is 20.1 Å². The molecule has 2 fully saturated rings.